The molecule has 1 saturated heterocycles. The lowest BCUT2D eigenvalue weighted by atomic mass is 10.0. The number of hydrogen-bond acceptors (Lipinski definition) is 3. The van der Waals surface area contributed by atoms with Crippen molar-refractivity contribution in [3.8, 4) is 0 Å². The quantitative estimate of drug-likeness (QED) is 0.819. The van der Waals surface area contributed by atoms with Crippen molar-refractivity contribution in [2.45, 2.75) is 19.8 Å². The number of anilines is 2. The lowest BCUT2D eigenvalue weighted by Gasteiger charge is -2.30. The molecule has 3 N–H and O–H groups in total. The number of nitrogen functional groups attached to an aromatic ring is 1. The second-order valence-electron chi connectivity index (χ2n) is 4.83. The summed E-state index contributed by atoms with van der Waals surface area (Å²) >= 11 is 0. The van der Waals surface area contributed by atoms with Crippen LogP contribution in [0.5, 0.6) is 0 Å². The molecule has 1 aliphatic rings. The predicted molar refractivity (Wildman–Crippen MR) is 73.4 cm³/mol. The topological polar surface area (TPSA) is 75.4 Å². The average Bonchev–Trinajstić information content (AvgIpc) is 2.32. The molecule has 0 bridgehead atoms. The fourth-order valence-electron chi connectivity index (χ4n) is 2.13. The first kappa shape index (κ1) is 13.2. The van der Waals surface area contributed by atoms with Crippen molar-refractivity contribution >= 4 is 21.6 Å². The van der Waals surface area contributed by atoms with E-state index in [1.807, 2.05) is 0 Å². The molecule has 1 aromatic rings. The van der Waals surface area contributed by atoms with Crippen LogP contribution in [0.4, 0.5) is 11.4 Å². The molecule has 0 aliphatic carbocycles. The van der Waals surface area contributed by atoms with Gasteiger partial charge in [0.25, 0.3) is 0 Å². The fourth-order valence-corrected chi connectivity index (χ4v) is 3.51. The van der Waals surface area contributed by atoms with Gasteiger partial charge in [0.1, 0.15) is 0 Å². The first-order valence-corrected chi connectivity index (χ1v) is 7.55. The van der Waals surface area contributed by atoms with Gasteiger partial charge in [0.15, 0.2) is 0 Å². The van der Waals surface area contributed by atoms with Crippen molar-refractivity contribution in [1.29, 1.82) is 0 Å². The molecule has 1 aliphatic heterocycles. The zero-order valence-corrected chi connectivity index (χ0v) is 11.3. The van der Waals surface area contributed by atoms with Crippen LogP contribution in [0, 0.1) is 5.92 Å². The normalized spacial score (nSPS) is 21.7. The van der Waals surface area contributed by atoms with E-state index in [0.29, 0.717) is 30.4 Å². The van der Waals surface area contributed by atoms with Crippen molar-refractivity contribution in [1.82, 2.24) is 4.31 Å². The van der Waals surface area contributed by atoms with Gasteiger partial charge in [-0.25, -0.2) is 0 Å². The van der Waals surface area contributed by atoms with Crippen molar-refractivity contribution < 1.29 is 8.42 Å². The largest absolute Gasteiger partial charge is 0.399 e. The van der Waals surface area contributed by atoms with Gasteiger partial charge >= 0.3 is 10.2 Å². The molecule has 6 heteroatoms. The third-order valence-corrected chi connectivity index (χ3v) is 4.62. The van der Waals surface area contributed by atoms with Crippen LogP contribution in [0.25, 0.3) is 0 Å². The maximum absolute atomic E-state index is 12.2. The highest BCUT2D eigenvalue weighted by Gasteiger charge is 2.26. The number of nitrogens with two attached hydrogens (primary N) is 1. The standard InChI is InChI=1S/C12H19N3O2S/c1-10-3-2-8-15(9-10)18(16,17)14-12-6-4-11(13)5-7-12/h4-7,10,14H,2-3,8-9,13H2,1H3. The molecule has 1 fully saturated rings. The van der Waals surface area contributed by atoms with Crippen molar-refractivity contribution in [2.75, 3.05) is 23.5 Å². The van der Waals surface area contributed by atoms with Gasteiger partial charge in [0, 0.05) is 24.5 Å². The Kier molecular flexibility index (Phi) is 3.77. The van der Waals surface area contributed by atoms with E-state index in [1.54, 1.807) is 24.3 Å². The second kappa shape index (κ2) is 5.16. The van der Waals surface area contributed by atoms with Gasteiger partial charge in [-0.2, -0.15) is 12.7 Å². The Morgan fingerprint density at radius 3 is 2.61 bits per heavy atom. The maximum atomic E-state index is 12.2. The van der Waals surface area contributed by atoms with Crippen LogP contribution >= 0.6 is 0 Å². The Labute approximate surface area is 108 Å². The summed E-state index contributed by atoms with van der Waals surface area (Å²) in [6.07, 6.45) is 2.01. The van der Waals surface area contributed by atoms with E-state index in [4.69, 9.17) is 5.73 Å². The van der Waals surface area contributed by atoms with Gasteiger partial charge in [0.05, 0.1) is 0 Å². The molecule has 0 aromatic heterocycles. The lowest BCUT2D eigenvalue weighted by Crippen LogP contribution is -2.42. The average molecular weight is 269 g/mol. The summed E-state index contributed by atoms with van der Waals surface area (Å²) in [5.41, 5.74) is 6.72. The number of benzene rings is 1. The van der Waals surface area contributed by atoms with Crippen LogP contribution in [0.3, 0.4) is 0 Å². The van der Waals surface area contributed by atoms with Crippen LogP contribution in [0.15, 0.2) is 24.3 Å². The van der Waals surface area contributed by atoms with Gasteiger partial charge < -0.3 is 5.73 Å². The zero-order chi connectivity index (χ0) is 13.2. The third kappa shape index (κ3) is 3.14. The predicted octanol–water partition coefficient (Wildman–Crippen LogP) is 1.66. The minimum Gasteiger partial charge on any atom is -0.399 e. The minimum absolute atomic E-state index is 0.418. The maximum Gasteiger partial charge on any atom is 0.301 e. The highest BCUT2D eigenvalue weighted by molar-refractivity contribution is 7.90. The van der Waals surface area contributed by atoms with Gasteiger partial charge in [-0.1, -0.05) is 6.92 Å². The summed E-state index contributed by atoms with van der Waals surface area (Å²) in [6.45, 7) is 3.25. The molecule has 1 aromatic carbocycles. The Morgan fingerprint density at radius 1 is 1.33 bits per heavy atom. The monoisotopic (exact) mass is 269 g/mol. The van der Waals surface area contributed by atoms with E-state index in [-0.39, 0.29) is 0 Å². The summed E-state index contributed by atoms with van der Waals surface area (Å²) in [7, 11) is -3.44. The summed E-state index contributed by atoms with van der Waals surface area (Å²) in [4.78, 5) is 0. The number of rotatable bonds is 3. The molecule has 2 rings (SSSR count). The Balaban J connectivity index is 2.09. The van der Waals surface area contributed by atoms with Gasteiger partial charge in [-0.3, -0.25) is 4.72 Å². The van der Waals surface area contributed by atoms with Crippen molar-refractivity contribution in [3.05, 3.63) is 24.3 Å². The van der Waals surface area contributed by atoms with E-state index in [9.17, 15) is 8.42 Å². The summed E-state index contributed by atoms with van der Waals surface area (Å²) in [5.74, 6) is 0.418. The lowest BCUT2D eigenvalue weighted by molar-refractivity contribution is 0.282. The van der Waals surface area contributed by atoms with Crippen molar-refractivity contribution in [2.24, 2.45) is 5.92 Å². The Morgan fingerprint density at radius 2 is 2.00 bits per heavy atom. The molecular weight excluding hydrogens is 250 g/mol. The Hall–Kier alpha value is -1.27. The summed E-state index contributed by atoms with van der Waals surface area (Å²) < 4.78 is 28.4. The van der Waals surface area contributed by atoms with Crippen LogP contribution in [0.2, 0.25) is 0 Å². The first-order valence-electron chi connectivity index (χ1n) is 6.11. The molecule has 5 nitrogen and oxygen atoms in total. The van der Waals surface area contributed by atoms with E-state index < -0.39 is 10.2 Å². The number of nitrogens with one attached hydrogen (secondary N) is 1. The van der Waals surface area contributed by atoms with E-state index in [0.717, 1.165) is 12.8 Å². The summed E-state index contributed by atoms with van der Waals surface area (Å²) in [5, 5.41) is 0. The van der Waals surface area contributed by atoms with E-state index in [2.05, 4.69) is 11.6 Å². The van der Waals surface area contributed by atoms with Gasteiger partial charge in [0.2, 0.25) is 0 Å². The van der Waals surface area contributed by atoms with Gasteiger partial charge in [-0.15, -0.1) is 0 Å². The van der Waals surface area contributed by atoms with Crippen molar-refractivity contribution in [3.63, 3.8) is 0 Å². The van der Waals surface area contributed by atoms with Crippen LogP contribution in [-0.2, 0) is 10.2 Å². The number of nitrogens with zero attached hydrogens (tertiary/aromatic N) is 1. The first-order chi connectivity index (χ1) is 8.47. The number of piperidine rings is 1. The van der Waals surface area contributed by atoms with E-state index in [1.165, 1.54) is 4.31 Å². The van der Waals surface area contributed by atoms with Crippen LogP contribution in [-0.4, -0.2) is 25.8 Å². The number of hydrogen-bond donors (Lipinski definition) is 2. The smallest absolute Gasteiger partial charge is 0.301 e. The molecule has 0 spiro atoms. The fraction of sp³-hybridized carbons (Fsp3) is 0.500. The van der Waals surface area contributed by atoms with Gasteiger partial charge in [-0.05, 0) is 43.0 Å². The zero-order valence-electron chi connectivity index (χ0n) is 10.5. The molecule has 1 heterocycles. The molecule has 0 radical (unpaired) electrons. The van der Waals surface area contributed by atoms with E-state index >= 15 is 0 Å². The molecular formula is C12H19N3O2S. The second-order valence-corrected chi connectivity index (χ2v) is 6.51. The molecule has 0 saturated carbocycles. The molecule has 1 atom stereocenters. The van der Waals surface area contributed by atoms with Crippen LogP contribution in [0.1, 0.15) is 19.8 Å². The van der Waals surface area contributed by atoms with Crippen LogP contribution < -0.4 is 10.5 Å². The third-order valence-electron chi connectivity index (χ3n) is 3.12. The molecule has 1 unspecified atom stereocenters. The molecule has 100 valence electrons. The highest BCUT2D eigenvalue weighted by Crippen LogP contribution is 2.20. The highest BCUT2D eigenvalue weighted by atomic mass is 32.2. The SMILES string of the molecule is CC1CCCN(S(=O)(=O)Nc2ccc(N)cc2)C1. The molecule has 18 heavy (non-hydrogen) atoms. The molecule has 0 amide bonds. The minimum atomic E-state index is -3.44. The summed E-state index contributed by atoms with van der Waals surface area (Å²) in [6, 6.07) is 6.69. The Bertz CT molecular complexity index is 499.